The molecule has 0 aliphatic carbocycles. The summed E-state index contributed by atoms with van der Waals surface area (Å²) in [6.07, 6.45) is 4.06. The number of nitrogens with one attached hydrogen (secondary N) is 1. The van der Waals surface area contributed by atoms with E-state index in [0.717, 1.165) is 31.6 Å². The minimum absolute atomic E-state index is 0.0601. The summed E-state index contributed by atoms with van der Waals surface area (Å²) in [5, 5.41) is 10.9. The number of rotatable bonds is 6. The second kappa shape index (κ2) is 7.17. The van der Waals surface area contributed by atoms with Crippen molar-refractivity contribution in [1.82, 2.24) is 20.1 Å². The van der Waals surface area contributed by atoms with Gasteiger partial charge in [0, 0.05) is 13.2 Å². The van der Waals surface area contributed by atoms with Crippen LogP contribution in [0.5, 0.6) is 0 Å². The first kappa shape index (κ1) is 14.7. The normalized spacial score (nSPS) is 17.5. The Kier molecular flexibility index (Phi) is 4.80. The maximum absolute atomic E-state index is 11.9. The number of aromatic nitrogens is 3. The fourth-order valence-electron chi connectivity index (χ4n) is 2.56. The van der Waals surface area contributed by atoms with Crippen LogP contribution < -0.4 is 5.32 Å². The molecule has 1 aliphatic heterocycles. The summed E-state index contributed by atoms with van der Waals surface area (Å²) in [4.78, 5) is 11.9. The van der Waals surface area contributed by atoms with Gasteiger partial charge in [-0.05, 0) is 24.8 Å². The number of benzene rings is 1. The van der Waals surface area contributed by atoms with Gasteiger partial charge < -0.3 is 14.6 Å². The minimum atomic E-state index is -0.305. The molecule has 1 aromatic carbocycles. The molecular formula is C16H20N4O2. The third-order valence-electron chi connectivity index (χ3n) is 3.82. The fourth-order valence-corrected chi connectivity index (χ4v) is 2.56. The lowest BCUT2D eigenvalue weighted by Gasteiger charge is -2.11. The number of nitrogens with zero attached hydrogens (tertiary/aromatic N) is 3. The smallest absolute Gasteiger partial charge is 0.249 e. The van der Waals surface area contributed by atoms with E-state index in [1.54, 1.807) is 6.33 Å². The Morgan fingerprint density at radius 1 is 1.36 bits per heavy atom. The molecule has 1 aliphatic rings. The topological polar surface area (TPSA) is 69.0 Å². The fraction of sp³-hybridized carbons (Fsp3) is 0.438. The third-order valence-corrected chi connectivity index (χ3v) is 3.82. The predicted molar refractivity (Wildman–Crippen MR) is 81.0 cm³/mol. The molecule has 1 saturated heterocycles. The summed E-state index contributed by atoms with van der Waals surface area (Å²) in [6, 6.07) is 10.3. The van der Waals surface area contributed by atoms with Gasteiger partial charge in [0.2, 0.25) is 5.91 Å². The number of ether oxygens (including phenoxy) is 1. The lowest BCUT2D eigenvalue weighted by Crippen LogP contribution is -2.34. The van der Waals surface area contributed by atoms with E-state index in [2.05, 4.69) is 27.6 Å². The zero-order valence-corrected chi connectivity index (χ0v) is 12.4. The third kappa shape index (κ3) is 3.71. The van der Waals surface area contributed by atoms with Crippen molar-refractivity contribution in [2.75, 3.05) is 6.61 Å². The second-order valence-corrected chi connectivity index (χ2v) is 5.40. The molecule has 0 saturated carbocycles. The summed E-state index contributed by atoms with van der Waals surface area (Å²) in [7, 11) is 0. The Bertz CT molecular complexity index is 606. The van der Waals surface area contributed by atoms with Crippen molar-refractivity contribution in [3.63, 3.8) is 0 Å². The Balaban J connectivity index is 1.52. The molecule has 1 aromatic heterocycles. The zero-order chi connectivity index (χ0) is 15.2. The molecule has 1 atom stereocenters. The molecule has 3 rings (SSSR count). The van der Waals surface area contributed by atoms with E-state index in [4.69, 9.17) is 4.74 Å². The molecule has 1 unspecified atom stereocenters. The van der Waals surface area contributed by atoms with Crippen LogP contribution in [0.4, 0.5) is 0 Å². The van der Waals surface area contributed by atoms with Crippen molar-refractivity contribution >= 4 is 5.91 Å². The van der Waals surface area contributed by atoms with Crippen LogP contribution in [0.2, 0.25) is 0 Å². The number of carbonyl (C=O) groups excluding carboxylic acids is 1. The van der Waals surface area contributed by atoms with Gasteiger partial charge in [-0.2, -0.15) is 0 Å². The van der Waals surface area contributed by atoms with Gasteiger partial charge in [0.15, 0.2) is 5.82 Å². The highest BCUT2D eigenvalue weighted by Gasteiger charge is 2.23. The van der Waals surface area contributed by atoms with Gasteiger partial charge in [0.1, 0.15) is 12.4 Å². The largest absolute Gasteiger partial charge is 0.368 e. The molecule has 0 radical (unpaired) electrons. The Hall–Kier alpha value is -2.21. The van der Waals surface area contributed by atoms with Crippen LogP contribution >= 0.6 is 0 Å². The molecule has 0 spiro atoms. The van der Waals surface area contributed by atoms with Gasteiger partial charge in [-0.1, -0.05) is 30.3 Å². The van der Waals surface area contributed by atoms with Crippen LogP contribution in [0.3, 0.4) is 0 Å². The average molecular weight is 300 g/mol. The minimum Gasteiger partial charge on any atom is -0.368 e. The first-order valence-corrected chi connectivity index (χ1v) is 7.63. The molecule has 0 bridgehead atoms. The molecule has 6 heteroatoms. The summed E-state index contributed by atoms with van der Waals surface area (Å²) < 4.78 is 7.34. The second-order valence-electron chi connectivity index (χ2n) is 5.40. The Morgan fingerprint density at radius 2 is 2.23 bits per heavy atom. The van der Waals surface area contributed by atoms with E-state index in [-0.39, 0.29) is 12.0 Å². The molecule has 1 fully saturated rings. The van der Waals surface area contributed by atoms with Crippen molar-refractivity contribution < 1.29 is 9.53 Å². The van der Waals surface area contributed by atoms with Crippen molar-refractivity contribution in [3.8, 4) is 0 Å². The summed E-state index contributed by atoms with van der Waals surface area (Å²) in [5.41, 5.74) is 1.27. The molecule has 116 valence electrons. The molecule has 1 amide bonds. The first-order valence-electron chi connectivity index (χ1n) is 7.63. The number of hydrogen-bond donors (Lipinski definition) is 1. The molecule has 22 heavy (non-hydrogen) atoms. The number of aryl methyl sites for hydroxylation is 2. The Labute approximate surface area is 129 Å². The van der Waals surface area contributed by atoms with Crippen molar-refractivity contribution in [2.24, 2.45) is 0 Å². The number of amides is 1. The zero-order valence-electron chi connectivity index (χ0n) is 12.4. The van der Waals surface area contributed by atoms with Gasteiger partial charge in [-0.15, -0.1) is 10.2 Å². The molecule has 6 nitrogen and oxygen atoms in total. The van der Waals surface area contributed by atoms with Crippen LogP contribution in [0.1, 0.15) is 24.2 Å². The van der Waals surface area contributed by atoms with Gasteiger partial charge >= 0.3 is 0 Å². The molecular weight excluding hydrogens is 280 g/mol. The quantitative estimate of drug-likeness (QED) is 0.873. The Morgan fingerprint density at radius 3 is 3.00 bits per heavy atom. The summed E-state index contributed by atoms with van der Waals surface area (Å²) in [5.74, 6) is 0.706. The van der Waals surface area contributed by atoms with Crippen LogP contribution in [0.15, 0.2) is 36.7 Å². The average Bonchev–Trinajstić information content (AvgIpc) is 3.23. The van der Waals surface area contributed by atoms with Crippen molar-refractivity contribution in [2.45, 2.75) is 38.5 Å². The van der Waals surface area contributed by atoms with E-state index < -0.39 is 0 Å². The van der Waals surface area contributed by atoms with Crippen LogP contribution in [0, 0.1) is 0 Å². The van der Waals surface area contributed by atoms with Crippen molar-refractivity contribution in [3.05, 3.63) is 48.0 Å². The number of hydrogen-bond acceptors (Lipinski definition) is 4. The van der Waals surface area contributed by atoms with Crippen LogP contribution in [-0.2, 0) is 29.0 Å². The monoisotopic (exact) mass is 300 g/mol. The van der Waals surface area contributed by atoms with Gasteiger partial charge in [-0.3, -0.25) is 4.79 Å². The molecule has 2 heterocycles. The van der Waals surface area contributed by atoms with E-state index >= 15 is 0 Å². The van der Waals surface area contributed by atoms with Gasteiger partial charge in [-0.25, -0.2) is 0 Å². The highest BCUT2D eigenvalue weighted by atomic mass is 16.5. The maximum atomic E-state index is 11.9. The summed E-state index contributed by atoms with van der Waals surface area (Å²) in [6.45, 7) is 1.85. The standard InChI is InChI=1S/C16H20N4O2/c21-16(14-7-4-10-22-14)17-11-15-19-18-12-20(15)9-8-13-5-2-1-3-6-13/h1-3,5-6,12,14H,4,7-11H2,(H,17,21). The predicted octanol–water partition coefficient (Wildman–Crippen LogP) is 1.32. The number of carbonyl (C=O) groups is 1. The summed E-state index contributed by atoms with van der Waals surface area (Å²) >= 11 is 0. The highest BCUT2D eigenvalue weighted by Crippen LogP contribution is 2.12. The van der Waals surface area contributed by atoms with Crippen LogP contribution in [0.25, 0.3) is 0 Å². The maximum Gasteiger partial charge on any atom is 0.249 e. The van der Waals surface area contributed by atoms with E-state index in [0.29, 0.717) is 13.2 Å². The van der Waals surface area contributed by atoms with E-state index in [1.807, 2.05) is 22.8 Å². The van der Waals surface area contributed by atoms with Crippen LogP contribution in [-0.4, -0.2) is 33.4 Å². The highest BCUT2D eigenvalue weighted by molar-refractivity contribution is 5.80. The lowest BCUT2D eigenvalue weighted by molar-refractivity contribution is -0.130. The van der Waals surface area contributed by atoms with E-state index in [9.17, 15) is 4.79 Å². The van der Waals surface area contributed by atoms with Crippen molar-refractivity contribution in [1.29, 1.82) is 0 Å². The molecule has 2 aromatic rings. The molecule has 1 N–H and O–H groups in total. The lowest BCUT2D eigenvalue weighted by atomic mass is 10.1. The van der Waals surface area contributed by atoms with Gasteiger partial charge in [0.25, 0.3) is 0 Å². The SMILES string of the molecule is O=C(NCc1nncn1CCc1ccccc1)C1CCCO1. The van der Waals surface area contributed by atoms with E-state index in [1.165, 1.54) is 5.56 Å². The first-order chi connectivity index (χ1) is 10.8. The van der Waals surface area contributed by atoms with Gasteiger partial charge in [0.05, 0.1) is 6.54 Å².